The van der Waals surface area contributed by atoms with Gasteiger partial charge in [0.2, 0.25) is 0 Å². The molecule has 0 aliphatic carbocycles. The zero-order valence-electron chi connectivity index (χ0n) is 11.2. The van der Waals surface area contributed by atoms with Crippen LogP contribution in [0.5, 0.6) is 0 Å². The summed E-state index contributed by atoms with van der Waals surface area (Å²) in [6.07, 6.45) is 0.744. The number of hydrogen-bond donors (Lipinski definition) is 2. The van der Waals surface area contributed by atoms with Crippen molar-refractivity contribution in [2.75, 3.05) is 13.2 Å². The maximum atomic E-state index is 9.28. The highest BCUT2D eigenvalue weighted by Crippen LogP contribution is 2.37. The van der Waals surface area contributed by atoms with Gasteiger partial charge in [-0.05, 0) is 40.5 Å². The normalized spacial score (nSPS) is 27.0. The van der Waals surface area contributed by atoms with Crippen molar-refractivity contribution < 1.29 is 20.2 Å². The third-order valence-corrected chi connectivity index (χ3v) is 3.40. The van der Waals surface area contributed by atoms with Crippen molar-refractivity contribution >= 4 is 0 Å². The quantitative estimate of drug-likeness (QED) is 0.688. The Morgan fingerprint density at radius 3 is 2.18 bits per heavy atom. The monoisotopic (exact) mass is 248 g/mol. The first kappa shape index (κ1) is 14.9. The van der Waals surface area contributed by atoms with Gasteiger partial charge in [0.15, 0.2) is 0 Å². The van der Waals surface area contributed by atoms with Crippen molar-refractivity contribution in [3.05, 3.63) is 0 Å². The Morgan fingerprint density at radius 1 is 1.29 bits per heavy atom. The van der Waals surface area contributed by atoms with E-state index in [1.807, 2.05) is 27.7 Å². The topological polar surface area (TPSA) is 75.8 Å². The van der Waals surface area contributed by atoms with E-state index in [0.717, 1.165) is 12.8 Å². The smallest absolute Gasteiger partial charge is 0.100 e. The summed E-state index contributed by atoms with van der Waals surface area (Å²) in [5, 5.41) is 27.8. The minimum absolute atomic E-state index is 0.0304. The number of hydroxylamine groups is 2. The van der Waals surface area contributed by atoms with Crippen molar-refractivity contribution in [2.24, 2.45) is 0 Å². The molecule has 1 heterocycles. The number of ether oxygens (including phenoxy) is 1. The van der Waals surface area contributed by atoms with E-state index in [-0.39, 0.29) is 30.4 Å². The Morgan fingerprint density at radius 2 is 1.76 bits per heavy atom. The van der Waals surface area contributed by atoms with Crippen LogP contribution in [0.4, 0.5) is 0 Å². The summed E-state index contributed by atoms with van der Waals surface area (Å²) in [6, 6.07) is 0. The van der Waals surface area contributed by atoms with E-state index in [4.69, 9.17) is 15.1 Å². The molecule has 0 amide bonds. The molecule has 1 aliphatic rings. The fourth-order valence-corrected chi connectivity index (χ4v) is 2.61. The van der Waals surface area contributed by atoms with Crippen LogP contribution in [-0.4, -0.2) is 57.0 Å². The first-order chi connectivity index (χ1) is 7.69. The van der Waals surface area contributed by atoms with E-state index >= 15 is 0 Å². The molecule has 5 nitrogen and oxygen atoms in total. The van der Waals surface area contributed by atoms with Gasteiger partial charge in [-0.2, -0.15) is 0 Å². The van der Waals surface area contributed by atoms with Crippen molar-refractivity contribution in [3.8, 4) is 0 Å². The van der Waals surface area contributed by atoms with Crippen LogP contribution in [0.1, 0.15) is 40.5 Å². The molecule has 0 spiro atoms. The Balaban J connectivity index is 2.59. The molecule has 0 aromatic heterocycles. The van der Waals surface area contributed by atoms with E-state index in [0.29, 0.717) is 0 Å². The molecule has 0 radical (unpaired) electrons. The van der Waals surface area contributed by atoms with E-state index in [1.165, 1.54) is 0 Å². The van der Waals surface area contributed by atoms with E-state index in [1.54, 1.807) is 5.06 Å². The average molecular weight is 248 g/mol. The minimum atomic E-state index is -0.810. The molecule has 0 bridgehead atoms. The summed E-state index contributed by atoms with van der Waals surface area (Å²) in [5.74, 6) is 0. The largest absolute Gasteiger partial charge is 0.394 e. The molecule has 1 saturated heterocycles. The summed E-state index contributed by atoms with van der Waals surface area (Å²) in [7, 11) is 0. The number of piperidine rings is 1. The lowest BCUT2D eigenvalue weighted by Gasteiger charge is -2.47. The summed E-state index contributed by atoms with van der Waals surface area (Å²) < 4.78 is 5.64. The molecule has 1 fully saturated rings. The summed E-state index contributed by atoms with van der Waals surface area (Å²) >= 11 is 0. The van der Waals surface area contributed by atoms with Gasteiger partial charge in [-0.1, -0.05) is 5.06 Å². The number of aliphatic hydroxyl groups excluding tert-OH is 2. The third kappa shape index (κ3) is 3.63. The molecule has 0 aromatic rings. The molecule has 5 heteroatoms. The van der Waals surface area contributed by atoms with Crippen LogP contribution in [-0.2, 0) is 4.74 Å². The predicted molar refractivity (Wildman–Crippen MR) is 65.7 cm³/mol. The molecule has 0 aromatic carbocycles. The van der Waals surface area contributed by atoms with Crippen LogP contribution in [0.15, 0.2) is 0 Å². The summed E-state index contributed by atoms with van der Waals surface area (Å²) in [5.41, 5.74) is -0.479. The number of rotatable bonds is 4. The molecule has 17 heavy (non-hydrogen) atoms. The molecule has 1 atom stereocenters. The van der Waals surface area contributed by atoms with Gasteiger partial charge in [0.1, 0.15) is 6.10 Å². The van der Waals surface area contributed by atoms with Gasteiger partial charge in [-0.25, -0.2) is 0 Å². The summed E-state index contributed by atoms with van der Waals surface area (Å²) in [4.78, 5) is 0. The Hall–Kier alpha value is -0.200. The Kier molecular flexibility index (Phi) is 4.54. The zero-order chi connectivity index (χ0) is 13.3. The first-order valence-electron chi connectivity index (χ1n) is 6.11. The number of aliphatic hydroxyl groups is 2. The Labute approximate surface area is 103 Å². The lowest BCUT2D eigenvalue weighted by Crippen LogP contribution is -2.60. The van der Waals surface area contributed by atoms with Gasteiger partial charge in [0.25, 0.3) is 0 Å². The minimum Gasteiger partial charge on any atom is -0.394 e. The van der Waals surface area contributed by atoms with Gasteiger partial charge >= 0.3 is 0 Å². The molecular formula is C12H26NO4+. The lowest BCUT2D eigenvalue weighted by molar-refractivity contribution is -0.262. The molecule has 102 valence electrons. The predicted octanol–water partition coefficient (Wildman–Crippen LogP) is 0.0174. The van der Waals surface area contributed by atoms with Gasteiger partial charge in [0, 0.05) is 0 Å². The maximum Gasteiger partial charge on any atom is 0.100 e. The molecule has 1 unspecified atom stereocenters. The first-order valence-corrected chi connectivity index (χ1v) is 6.11. The second kappa shape index (κ2) is 5.20. The second-order valence-corrected chi connectivity index (χ2v) is 6.16. The van der Waals surface area contributed by atoms with Crippen molar-refractivity contribution in [1.29, 1.82) is 0 Å². The fraction of sp³-hybridized carbons (Fsp3) is 1.00. The standard InChI is InChI=1S/C12H25NO4/c1-11(2)5-10(17-8-9(15)7-14)6-12(3,4)13(11)16/h9-10,14-16H,5-8H2,1-4H3/p+1. The third-order valence-electron chi connectivity index (χ3n) is 3.40. The van der Waals surface area contributed by atoms with Crippen LogP contribution in [0, 0.1) is 0 Å². The van der Waals surface area contributed by atoms with Crippen LogP contribution < -0.4 is 0 Å². The average Bonchev–Trinajstić information content (AvgIpc) is 2.21. The van der Waals surface area contributed by atoms with Gasteiger partial charge in [-0.15, -0.1) is 0 Å². The molecule has 4 N–H and O–H groups in total. The van der Waals surface area contributed by atoms with Crippen molar-refractivity contribution in [1.82, 2.24) is 5.06 Å². The van der Waals surface area contributed by atoms with Gasteiger partial charge < -0.3 is 20.2 Å². The summed E-state index contributed by atoms with van der Waals surface area (Å²) in [6.45, 7) is 7.99. The molecule has 1 aliphatic heterocycles. The van der Waals surface area contributed by atoms with E-state index in [2.05, 4.69) is 0 Å². The fourth-order valence-electron chi connectivity index (χ4n) is 2.61. The highest BCUT2D eigenvalue weighted by molar-refractivity contribution is 4.96. The molecule has 1 rings (SSSR count). The highest BCUT2D eigenvalue weighted by atomic mass is 16.5. The highest BCUT2D eigenvalue weighted by Gasteiger charge is 2.48. The van der Waals surface area contributed by atoms with Crippen LogP contribution in [0.2, 0.25) is 0 Å². The number of hydrogen-bond acceptors (Lipinski definition) is 4. The van der Waals surface area contributed by atoms with Crippen LogP contribution in [0.25, 0.3) is 0 Å². The van der Waals surface area contributed by atoms with Crippen LogP contribution in [0.3, 0.4) is 0 Å². The zero-order valence-corrected chi connectivity index (χ0v) is 11.2. The second-order valence-electron chi connectivity index (χ2n) is 6.16. The van der Waals surface area contributed by atoms with Crippen molar-refractivity contribution in [3.63, 3.8) is 0 Å². The van der Waals surface area contributed by atoms with E-state index < -0.39 is 6.10 Å². The maximum absolute atomic E-state index is 9.28. The molecular weight excluding hydrogens is 222 g/mol. The Bertz CT molecular complexity index is 237. The van der Waals surface area contributed by atoms with Gasteiger partial charge in [-0.3, -0.25) is 0 Å². The molecule has 0 saturated carbocycles. The van der Waals surface area contributed by atoms with Crippen molar-refractivity contribution in [2.45, 2.75) is 63.8 Å². The van der Waals surface area contributed by atoms with Gasteiger partial charge in [0.05, 0.1) is 30.4 Å². The van der Waals surface area contributed by atoms with Crippen LogP contribution >= 0.6 is 0 Å². The SMILES string of the molecule is CC1(C)CC(OCC(O)CO)CC(C)(C)N1[OH2+]. The lowest BCUT2D eigenvalue weighted by atomic mass is 9.80. The van der Waals surface area contributed by atoms with E-state index in [9.17, 15) is 5.11 Å². The number of nitrogens with zero attached hydrogens (tertiary/aromatic N) is 1.